The second kappa shape index (κ2) is 8.48. The second-order valence-electron chi connectivity index (χ2n) is 6.61. The Kier molecular flexibility index (Phi) is 5.43. The van der Waals surface area contributed by atoms with Gasteiger partial charge in [0.05, 0.1) is 0 Å². The minimum atomic E-state index is -1.16. The Morgan fingerprint density at radius 3 is 2.30 bits per heavy atom. The molecule has 4 aromatic rings. The second-order valence-corrected chi connectivity index (χ2v) is 6.61. The van der Waals surface area contributed by atoms with Crippen molar-refractivity contribution >= 4 is 11.8 Å². The van der Waals surface area contributed by atoms with Gasteiger partial charge in [-0.3, -0.25) is 4.79 Å². The summed E-state index contributed by atoms with van der Waals surface area (Å²) in [6.07, 6.45) is 0.757. The SMILES string of the molecule is O=C(O)c1cccc(-c2nnc(C(=O)CCc3ccc(-c4ccccc4)cc3)o2)n1. The van der Waals surface area contributed by atoms with Crippen molar-refractivity contribution in [1.82, 2.24) is 15.2 Å². The van der Waals surface area contributed by atoms with Gasteiger partial charge in [-0.1, -0.05) is 60.7 Å². The topological polar surface area (TPSA) is 106 Å². The van der Waals surface area contributed by atoms with Crippen molar-refractivity contribution in [2.45, 2.75) is 12.8 Å². The van der Waals surface area contributed by atoms with Gasteiger partial charge in [-0.15, -0.1) is 10.2 Å². The molecule has 0 radical (unpaired) electrons. The molecular formula is C23H17N3O4. The van der Waals surface area contributed by atoms with E-state index in [4.69, 9.17) is 9.52 Å². The fourth-order valence-corrected chi connectivity index (χ4v) is 2.97. The lowest BCUT2D eigenvalue weighted by molar-refractivity contribution is 0.0690. The number of hydrogen-bond donors (Lipinski definition) is 1. The average Bonchev–Trinajstić information content (AvgIpc) is 3.29. The average molecular weight is 399 g/mol. The highest BCUT2D eigenvalue weighted by atomic mass is 16.4. The van der Waals surface area contributed by atoms with E-state index in [2.05, 4.69) is 15.2 Å². The first-order valence-corrected chi connectivity index (χ1v) is 9.32. The van der Waals surface area contributed by atoms with Crippen LogP contribution in [0.5, 0.6) is 0 Å². The molecule has 0 unspecified atom stereocenters. The minimum absolute atomic E-state index is 0.00802. The molecular weight excluding hydrogens is 382 g/mol. The Labute approximate surface area is 172 Å². The van der Waals surface area contributed by atoms with E-state index in [1.165, 1.54) is 12.1 Å². The van der Waals surface area contributed by atoms with Gasteiger partial charge >= 0.3 is 5.97 Å². The first-order valence-electron chi connectivity index (χ1n) is 9.32. The van der Waals surface area contributed by atoms with E-state index in [1.807, 2.05) is 54.6 Å². The highest BCUT2D eigenvalue weighted by Gasteiger charge is 2.17. The Balaban J connectivity index is 1.40. The van der Waals surface area contributed by atoms with Gasteiger partial charge in [-0.05, 0) is 35.2 Å². The molecule has 148 valence electrons. The number of carboxylic acid groups (broad SMARTS) is 1. The molecule has 0 amide bonds. The number of carbonyl (C=O) groups is 2. The molecule has 4 rings (SSSR count). The number of ketones is 1. The third kappa shape index (κ3) is 4.30. The normalized spacial score (nSPS) is 10.7. The van der Waals surface area contributed by atoms with Crippen LogP contribution in [0.4, 0.5) is 0 Å². The van der Waals surface area contributed by atoms with Crippen LogP contribution in [0.1, 0.15) is 33.2 Å². The summed E-state index contributed by atoms with van der Waals surface area (Å²) in [4.78, 5) is 27.4. The largest absolute Gasteiger partial charge is 0.477 e. The highest BCUT2D eigenvalue weighted by Crippen LogP contribution is 2.21. The van der Waals surface area contributed by atoms with E-state index in [9.17, 15) is 9.59 Å². The van der Waals surface area contributed by atoms with Crippen molar-refractivity contribution in [2.75, 3.05) is 0 Å². The van der Waals surface area contributed by atoms with Crippen LogP contribution in [0, 0.1) is 0 Å². The van der Waals surface area contributed by atoms with Crippen molar-refractivity contribution in [3.63, 3.8) is 0 Å². The van der Waals surface area contributed by atoms with Gasteiger partial charge < -0.3 is 9.52 Å². The maximum atomic E-state index is 12.4. The number of aryl methyl sites for hydroxylation is 1. The number of rotatable bonds is 7. The molecule has 1 N–H and O–H groups in total. The van der Waals surface area contributed by atoms with Crippen LogP contribution in [0.2, 0.25) is 0 Å². The van der Waals surface area contributed by atoms with Crippen LogP contribution >= 0.6 is 0 Å². The molecule has 7 nitrogen and oxygen atoms in total. The molecule has 2 aromatic heterocycles. The molecule has 0 aliphatic heterocycles. The predicted molar refractivity (Wildman–Crippen MR) is 109 cm³/mol. The Bertz CT molecular complexity index is 1180. The smallest absolute Gasteiger partial charge is 0.354 e. The lowest BCUT2D eigenvalue weighted by Gasteiger charge is -2.04. The first-order chi connectivity index (χ1) is 14.6. The van der Waals surface area contributed by atoms with Crippen molar-refractivity contribution < 1.29 is 19.1 Å². The van der Waals surface area contributed by atoms with Gasteiger partial charge in [-0.25, -0.2) is 9.78 Å². The molecule has 7 heteroatoms. The van der Waals surface area contributed by atoms with Crippen molar-refractivity contribution in [3.8, 4) is 22.7 Å². The van der Waals surface area contributed by atoms with Crippen LogP contribution in [0.3, 0.4) is 0 Å². The van der Waals surface area contributed by atoms with Crippen molar-refractivity contribution in [1.29, 1.82) is 0 Å². The zero-order valence-corrected chi connectivity index (χ0v) is 15.9. The zero-order valence-electron chi connectivity index (χ0n) is 15.9. The molecule has 0 saturated heterocycles. The standard InChI is InChI=1S/C23H17N3O4/c27-20(14-11-15-9-12-17(13-10-15)16-5-2-1-3-6-16)22-26-25-21(30-22)18-7-4-8-19(24-18)23(28)29/h1-10,12-13H,11,14H2,(H,28,29). The summed E-state index contributed by atoms with van der Waals surface area (Å²) in [7, 11) is 0. The molecule has 2 aromatic carbocycles. The number of pyridine rings is 1. The summed E-state index contributed by atoms with van der Waals surface area (Å²) in [6.45, 7) is 0. The monoisotopic (exact) mass is 399 g/mol. The lowest BCUT2D eigenvalue weighted by Crippen LogP contribution is -2.01. The quantitative estimate of drug-likeness (QED) is 0.461. The van der Waals surface area contributed by atoms with E-state index < -0.39 is 5.97 Å². The third-order valence-electron chi connectivity index (χ3n) is 4.55. The minimum Gasteiger partial charge on any atom is -0.477 e. The number of hydrogen-bond acceptors (Lipinski definition) is 6. The van der Waals surface area contributed by atoms with Gasteiger partial charge in [0.2, 0.25) is 5.78 Å². The highest BCUT2D eigenvalue weighted by molar-refractivity contribution is 5.92. The van der Waals surface area contributed by atoms with Crippen LogP contribution in [0.15, 0.2) is 77.2 Å². The number of Topliss-reactive ketones (excluding diaryl/α,β-unsaturated/α-hetero) is 1. The Morgan fingerprint density at radius 2 is 1.57 bits per heavy atom. The van der Waals surface area contributed by atoms with Crippen LogP contribution in [0.25, 0.3) is 22.7 Å². The summed E-state index contributed by atoms with van der Waals surface area (Å²) in [5.41, 5.74) is 3.34. The van der Waals surface area contributed by atoms with Crippen molar-refractivity contribution in [2.24, 2.45) is 0 Å². The summed E-state index contributed by atoms with van der Waals surface area (Å²) in [5.74, 6) is -1.55. The molecule has 0 bridgehead atoms. The molecule has 0 aliphatic carbocycles. The van der Waals surface area contributed by atoms with Crippen molar-refractivity contribution in [3.05, 3.63) is 89.9 Å². The van der Waals surface area contributed by atoms with Gasteiger partial charge in [0.25, 0.3) is 11.8 Å². The fraction of sp³-hybridized carbons (Fsp3) is 0.0870. The first kappa shape index (κ1) is 19.2. The number of aromatic carboxylic acids is 1. The number of carbonyl (C=O) groups excluding carboxylic acids is 1. The lowest BCUT2D eigenvalue weighted by atomic mass is 10.0. The van der Waals surface area contributed by atoms with E-state index in [-0.39, 0.29) is 35.4 Å². The van der Waals surface area contributed by atoms with Crippen LogP contribution < -0.4 is 0 Å². The molecule has 0 aliphatic rings. The Hall–Kier alpha value is -4.13. The summed E-state index contributed by atoms with van der Waals surface area (Å²) in [6, 6.07) is 22.5. The van der Waals surface area contributed by atoms with E-state index in [0.717, 1.165) is 16.7 Å². The number of nitrogens with zero attached hydrogens (tertiary/aromatic N) is 3. The molecule has 0 atom stereocenters. The Morgan fingerprint density at radius 1 is 0.833 bits per heavy atom. The number of aromatic nitrogens is 3. The third-order valence-corrected chi connectivity index (χ3v) is 4.55. The molecule has 0 saturated carbocycles. The number of benzene rings is 2. The number of carboxylic acids is 1. The van der Waals surface area contributed by atoms with E-state index in [1.54, 1.807) is 6.07 Å². The summed E-state index contributed by atoms with van der Waals surface area (Å²) >= 11 is 0. The van der Waals surface area contributed by atoms with Crippen LogP contribution in [-0.4, -0.2) is 32.0 Å². The summed E-state index contributed by atoms with van der Waals surface area (Å²) in [5, 5.41) is 16.6. The van der Waals surface area contributed by atoms with E-state index in [0.29, 0.717) is 6.42 Å². The molecule has 2 heterocycles. The maximum absolute atomic E-state index is 12.4. The predicted octanol–water partition coefficient (Wildman–Crippen LogP) is 4.31. The molecule has 30 heavy (non-hydrogen) atoms. The zero-order chi connectivity index (χ0) is 20.9. The van der Waals surface area contributed by atoms with Gasteiger partial charge in [0, 0.05) is 6.42 Å². The van der Waals surface area contributed by atoms with Gasteiger partial charge in [0.1, 0.15) is 11.4 Å². The molecule has 0 fully saturated rings. The maximum Gasteiger partial charge on any atom is 0.354 e. The van der Waals surface area contributed by atoms with Gasteiger partial charge in [-0.2, -0.15) is 0 Å². The molecule has 0 spiro atoms. The fourth-order valence-electron chi connectivity index (χ4n) is 2.97. The van der Waals surface area contributed by atoms with Crippen LogP contribution in [-0.2, 0) is 6.42 Å². The van der Waals surface area contributed by atoms with E-state index >= 15 is 0 Å². The summed E-state index contributed by atoms with van der Waals surface area (Å²) < 4.78 is 5.40. The van der Waals surface area contributed by atoms with Gasteiger partial charge in [0.15, 0.2) is 0 Å².